The number of anilines is 2. The first kappa shape index (κ1) is 20.1. The van der Waals surface area contributed by atoms with E-state index in [4.69, 9.17) is 16.6 Å². The average molecular weight is 445 g/mol. The fourth-order valence-electron chi connectivity index (χ4n) is 3.66. The maximum Gasteiger partial charge on any atom is 0.156 e. The maximum atomic E-state index is 6.43. The zero-order chi connectivity index (χ0) is 22.1. The van der Waals surface area contributed by atoms with E-state index >= 15 is 0 Å². The zero-order valence-electron chi connectivity index (χ0n) is 17.6. The molecule has 0 spiro atoms. The molecule has 1 aromatic carbocycles. The summed E-state index contributed by atoms with van der Waals surface area (Å²) in [6, 6.07) is 11.5. The lowest BCUT2D eigenvalue weighted by Crippen LogP contribution is -2.13. The van der Waals surface area contributed by atoms with Gasteiger partial charge in [0.15, 0.2) is 5.82 Å². The van der Waals surface area contributed by atoms with Gasteiger partial charge in [-0.1, -0.05) is 23.7 Å². The molecule has 0 amide bonds. The van der Waals surface area contributed by atoms with E-state index in [0.717, 1.165) is 39.0 Å². The maximum absolute atomic E-state index is 6.43. The number of pyridine rings is 2. The molecule has 1 atom stereocenters. The molecule has 8 nitrogen and oxygen atoms in total. The summed E-state index contributed by atoms with van der Waals surface area (Å²) in [5, 5.41) is 8.49. The van der Waals surface area contributed by atoms with E-state index in [2.05, 4.69) is 43.6 Å². The van der Waals surface area contributed by atoms with Crippen LogP contribution in [0, 0.1) is 0 Å². The van der Waals surface area contributed by atoms with Gasteiger partial charge >= 0.3 is 0 Å². The summed E-state index contributed by atoms with van der Waals surface area (Å²) in [5.74, 6) is 1.41. The van der Waals surface area contributed by atoms with Crippen molar-refractivity contribution in [1.29, 1.82) is 0 Å². The Kier molecular flexibility index (Phi) is 5.28. The number of benzene rings is 1. The summed E-state index contributed by atoms with van der Waals surface area (Å²) >= 11 is 6.43. The molecule has 5 rings (SSSR count). The van der Waals surface area contributed by atoms with Gasteiger partial charge < -0.3 is 15.2 Å². The van der Waals surface area contributed by atoms with Crippen molar-refractivity contribution in [3.8, 4) is 0 Å². The molecule has 0 unspecified atom stereocenters. The topological polar surface area (TPSA) is 93.4 Å². The predicted molar refractivity (Wildman–Crippen MR) is 127 cm³/mol. The summed E-state index contributed by atoms with van der Waals surface area (Å²) in [5.41, 5.74) is 4.17. The second-order valence-electron chi connectivity index (χ2n) is 7.58. The Labute approximate surface area is 189 Å². The van der Waals surface area contributed by atoms with Crippen LogP contribution in [0.15, 0.2) is 61.4 Å². The van der Waals surface area contributed by atoms with Crippen LogP contribution in [0.3, 0.4) is 0 Å². The van der Waals surface area contributed by atoms with Gasteiger partial charge in [0.05, 0.1) is 40.7 Å². The number of hydrogen-bond donors (Lipinski definition) is 2. The highest BCUT2D eigenvalue weighted by atomic mass is 35.5. The zero-order valence-corrected chi connectivity index (χ0v) is 18.4. The number of imidazole rings is 1. The fourth-order valence-corrected chi connectivity index (χ4v) is 3.89. The van der Waals surface area contributed by atoms with Crippen molar-refractivity contribution in [2.24, 2.45) is 7.05 Å². The lowest BCUT2D eigenvalue weighted by Gasteiger charge is -2.20. The van der Waals surface area contributed by atoms with E-state index in [9.17, 15) is 0 Å². The fraction of sp³-hybridized carbons (Fsp3) is 0.174. The van der Waals surface area contributed by atoms with Gasteiger partial charge in [-0.25, -0.2) is 19.9 Å². The SMILES string of the molecule is C[C@H](Nc1ncnc2cccnc12)c1cc2cccc(Cl)c2nc1NCc1cn(C)cn1. The minimum absolute atomic E-state index is 0.114. The Bertz CT molecular complexity index is 1410. The van der Waals surface area contributed by atoms with Crippen molar-refractivity contribution in [2.75, 3.05) is 10.6 Å². The Morgan fingerprint density at radius 3 is 2.78 bits per heavy atom. The second-order valence-corrected chi connectivity index (χ2v) is 7.99. The Hall–Kier alpha value is -3.78. The molecule has 160 valence electrons. The summed E-state index contributed by atoms with van der Waals surface area (Å²) in [6.45, 7) is 2.61. The molecule has 0 bridgehead atoms. The normalized spacial score (nSPS) is 12.2. The van der Waals surface area contributed by atoms with E-state index in [1.54, 1.807) is 12.5 Å². The van der Waals surface area contributed by atoms with Gasteiger partial charge in [-0.3, -0.25) is 4.98 Å². The number of aryl methyl sites for hydroxylation is 1. The molecule has 0 radical (unpaired) electrons. The molecule has 4 aromatic heterocycles. The van der Waals surface area contributed by atoms with E-state index in [0.29, 0.717) is 17.4 Å². The van der Waals surface area contributed by atoms with Crippen LogP contribution < -0.4 is 10.6 Å². The lowest BCUT2D eigenvalue weighted by molar-refractivity contribution is 0.867. The summed E-state index contributed by atoms with van der Waals surface area (Å²) < 4.78 is 1.92. The third kappa shape index (κ3) is 3.92. The molecule has 0 fully saturated rings. The van der Waals surface area contributed by atoms with Crippen LogP contribution in [0.25, 0.3) is 21.9 Å². The number of para-hydroxylation sites is 1. The van der Waals surface area contributed by atoms with Crippen LogP contribution in [0.5, 0.6) is 0 Å². The van der Waals surface area contributed by atoms with Crippen molar-refractivity contribution < 1.29 is 0 Å². The summed E-state index contributed by atoms with van der Waals surface area (Å²) in [7, 11) is 1.95. The molecule has 2 N–H and O–H groups in total. The Morgan fingerprint density at radius 1 is 1.03 bits per heavy atom. The minimum Gasteiger partial charge on any atom is -0.364 e. The quantitative estimate of drug-likeness (QED) is 0.390. The minimum atomic E-state index is -0.114. The lowest BCUT2D eigenvalue weighted by atomic mass is 10.1. The van der Waals surface area contributed by atoms with Crippen LogP contribution in [0.4, 0.5) is 11.6 Å². The van der Waals surface area contributed by atoms with Gasteiger partial charge in [0, 0.05) is 30.4 Å². The van der Waals surface area contributed by atoms with Gasteiger partial charge in [-0.2, -0.15) is 0 Å². The van der Waals surface area contributed by atoms with E-state index in [-0.39, 0.29) is 6.04 Å². The Morgan fingerprint density at radius 2 is 1.94 bits per heavy atom. The third-order valence-corrected chi connectivity index (χ3v) is 5.54. The number of fused-ring (bicyclic) bond motifs is 2. The van der Waals surface area contributed by atoms with Crippen LogP contribution in [-0.4, -0.2) is 29.5 Å². The molecule has 5 aromatic rings. The van der Waals surface area contributed by atoms with E-state index in [1.807, 2.05) is 48.1 Å². The van der Waals surface area contributed by atoms with E-state index in [1.165, 1.54) is 6.33 Å². The molecule has 0 aliphatic carbocycles. The largest absolute Gasteiger partial charge is 0.364 e. The van der Waals surface area contributed by atoms with Gasteiger partial charge in [-0.15, -0.1) is 0 Å². The number of aromatic nitrogens is 6. The number of halogens is 1. The van der Waals surface area contributed by atoms with Gasteiger partial charge in [-0.05, 0) is 31.2 Å². The number of nitrogens with zero attached hydrogens (tertiary/aromatic N) is 6. The van der Waals surface area contributed by atoms with Crippen LogP contribution in [0.1, 0.15) is 24.2 Å². The van der Waals surface area contributed by atoms with Gasteiger partial charge in [0.1, 0.15) is 17.7 Å². The molecular formula is C23H21ClN8. The molecule has 0 aliphatic heterocycles. The highest BCUT2D eigenvalue weighted by molar-refractivity contribution is 6.35. The number of rotatable bonds is 6. The first-order valence-corrected chi connectivity index (χ1v) is 10.6. The molecule has 9 heteroatoms. The van der Waals surface area contributed by atoms with Crippen LogP contribution in [-0.2, 0) is 13.6 Å². The highest BCUT2D eigenvalue weighted by Crippen LogP contribution is 2.32. The van der Waals surface area contributed by atoms with Crippen LogP contribution >= 0.6 is 11.6 Å². The third-order valence-electron chi connectivity index (χ3n) is 5.24. The summed E-state index contributed by atoms with van der Waals surface area (Å²) in [6.07, 6.45) is 7.03. The smallest absolute Gasteiger partial charge is 0.156 e. The molecule has 4 heterocycles. The first-order chi connectivity index (χ1) is 15.6. The molecule has 32 heavy (non-hydrogen) atoms. The number of hydrogen-bond acceptors (Lipinski definition) is 7. The summed E-state index contributed by atoms with van der Waals surface area (Å²) in [4.78, 5) is 22.4. The molecule has 0 saturated carbocycles. The van der Waals surface area contributed by atoms with E-state index < -0.39 is 0 Å². The first-order valence-electron chi connectivity index (χ1n) is 10.2. The van der Waals surface area contributed by atoms with Crippen molar-refractivity contribution in [1.82, 2.24) is 29.5 Å². The van der Waals surface area contributed by atoms with Gasteiger partial charge in [0.25, 0.3) is 0 Å². The molecular weight excluding hydrogens is 424 g/mol. The van der Waals surface area contributed by atoms with Crippen molar-refractivity contribution in [2.45, 2.75) is 19.5 Å². The second kappa shape index (κ2) is 8.39. The van der Waals surface area contributed by atoms with Crippen molar-refractivity contribution in [3.05, 3.63) is 77.7 Å². The monoisotopic (exact) mass is 444 g/mol. The Balaban J connectivity index is 1.53. The van der Waals surface area contributed by atoms with Crippen molar-refractivity contribution in [3.63, 3.8) is 0 Å². The van der Waals surface area contributed by atoms with Crippen LogP contribution in [0.2, 0.25) is 5.02 Å². The standard InChI is InChI=1S/C23H21ClN8/c1-14(30-23-21-19(27-12-28-23)7-4-8-25-21)17-9-15-5-3-6-18(24)20(15)31-22(17)26-10-16-11-32(2)13-29-16/h3-9,11-14H,10H2,1-2H3,(H,26,31)(H,27,28,30)/t14-/m0/s1. The highest BCUT2D eigenvalue weighted by Gasteiger charge is 2.17. The molecule has 0 aliphatic rings. The number of nitrogens with one attached hydrogen (secondary N) is 2. The predicted octanol–water partition coefficient (Wildman–Crippen LogP) is 4.75. The van der Waals surface area contributed by atoms with Gasteiger partial charge in [0.2, 0.25) is 0 Å². The average Bonchev–Trinajstić information content (AvgIpc) is 3.23. The molecule has 0 saturated heterocycles. The van der Waals surface area contributed by atoms with Crippen molar-refractivity contribution >= 4 is 45.2 Å².